The molecular formula is C14H22N2. The lowest BCUT2D eigenvalue weighted by molar-refractivity contribution is 0.213. The van der Waals surface area contributed by atoms with E-state index in [0.717, 1.165) is 6.42 Å². The molecule has 88 valence electrons. The van der Waals surface area contributed by atoms with Crippen molar-refractivity contribution < 1.29 is 0 Å². The normalized spacial score (nSPS) is 27.2. The Bertz CT molecular complexity index is 321. The molecule has 0 saturated heterocycles. The Labute approximate surface area is 98.4 Å². The molecule has 1 aromatic carbocycles. The molecule has 2 nitrogen and oxygen atoms in total. The zero-order chi connectivity index (χ0) is 11.5. The minimum atomic E-state index is 0.413. The third-order valence-corrected chi connectivity index (χ3v) is 3.66. The third-order valence-electron chi connectivity index (χ3n) is 3.66. The van der Waals surface area contributed by atoms with Gasteiger partial charge in [-0.3, -0.25) is 0 Å². The third kappa shape index (κ3) is 2.45. The van der Waals surface area contributed by atoms with Crippen molar-refractivity contribution in [2.24, 2.45) is 11.7 Å². The predicted molar refractivity (Wildman–Crippen MR) is 68.2 cm³/mol. The van der Waals surface area contributed by atoms with Gasteiger partial charge in [0.25, 0.3) is 0 Å². The van der Waals surface area contributed by atoms with Crippen LogP contribution in [0.15, 0.2) is 30.3 Å². The highest BCUT2D eigenvalue weighted by Gasteiger charge is 2.31. The molecule has 1 aliphatic rings. The first-order chi connectivity index (χ1) is 7.68. The maximum atomic E-state index is 6.02. The fourth-order valence-corrected chi connectivity index (χ4v) is 2.98. The molecule has 0 heterocycles. The molecule has 2 heteroatoms. The zero-order valence-electron chi connectivity index (χ0n) is 10.3. The van der Waals surface area contributed by atoms with E-state index in [2.05, 4.69) is 49.3 Å². The number of hydrogen-bond acceptors (Lipinski definition) is 2. The van der Waals surface area contributed by atoms with Gasteiger partial charge in [0, 0.05) is 12.1 Å². The molecule has 0 spiro atoms. The van der Waals surface area contributed by atoms with E-state index in [0.29, 0.717) is 18.0 Å². The number of nitrogens with zero attached hydrogens (tertiary/aromatic N) is 1. The highest BCUT2D eigenvalue weighted by molar-refractivity contribution is 5.20. The van der Waals surface area contributed by atoms with E-state index in [-0.39, 0.29) is 0 Å². The summed E-state index contributed by atoms with van der Waals surface area (Å²) in [7, 11) is 4.34. The monoisotopic (exact) mass is 218 g/mol. The SMILES string of the molecule is CN(C)C(c1ccccc1)C1CCC(N)C1. The molecule has 2 N–H and O–H groups in total. The largest absolute Gasteiger partial charge is 0.328 e. The summed E-state index contributed by atoms with van der Waals surface area (Å²) in [6, 6.07) is 11.7. The lowest BCUT2D eigenvalue weighted by Gasteiger charge is -2.30. The summed E-state index contributed by atoms with van der Waals surface area (Å²) in [5.74, 6) is 0.715. The number of hydrogen-bond donors (Lipinski definition) is 1. The predicted octanol–water partition coefficient (Wildman–Crippen LogP) is 2.42. The van der Waals surface area contributed by atoms with Crippen LogP contribution in [-0.4, -0.2) is 25.0 Å². The standard InChI is InChI=1S/C14H22N2/c1-16(2)14(11-6-4-3-5-7-11)12-8-9-13(15)10-12/h3-7,12-14H,8-10,15H2,1-2H3. The Kier molecular flexibility index (Phi) is 3.62. The van der Waals surface area contributed by atoms with Gasteiger partial charge in [-0.1, -0.05) is 30.3 Å². The first kappa shape index (κ1) is 11.6. The van der Waals surface area contributed by atoms with Crippen molar-refractivity contribution in [3.63, 3.8) is 0 Å². The highest BCUT2D eigenvalue weighted by atomic mass is 15.1. The van der Waals surface area contributed by atoms with Crippen molar-refractivity contribution >= 4 is 0 Å². The summed E-state index contributed by atoms with van der Waals surface area (Å²) < 4.78 is 0. The van der Waals surface area contributed by atoms with Gasteiger partial charge < -0.3 is 10.6 Å². The van der Waals surface area contributed by atoms with Gasteiger partial charge in [-0.05, 0) is 44.8 Å². The maximum Gasteiger partial charge on any atom is 0.0370 e. The second kappa shape index (κ2) is 4.98. The summed E-state index contributed by atoms with van der Waals surface area (Å²) in [5, 5.41) is 0. The summed E-state index contributed by atoms with van der Waals surface area (Å²) in [5.41, 5.74) is 7.45. The Balaban J connectivity index is 2.18. The maximum absolute atomic E-state index is 6.02. The van der Waals surface area contributed by atoms with Crippen molar-refractivity contribution in [1.82, 2.24) is 4.90 Å². The topological polar surface area (TPSA) is 29.3 Å². The fraction of sp³-hybridized carbons (Fsp3) is 0.571. The first-order valence-electron chi connectivity index (χ1n) is 6.15. The van der Waals surface area contributed by atoms with Crippen molar-refractivity contribution in [2.45, 2.75) is 31.3 Å². The molecule has 1 saturated carbocycles. The molecule has 16 heavy (non-hydrogen) atoms. The van der Waals surface area contributed by atoms with Gasteiger partial charge in [0.15, 0.2) is 0 Å². The molecule has 3 atom stereocenters. The molecule has 3 unspecified atom stereocenters. The number of benzene rings is 1. The van der Waals surface area contributed by atoms with Crippen LogP contribution in [0.5, 0.6) is 0 Å². The van der Waals surface area contributed by atoms with Gasteiger partial charge in [0.05, 0.1) is 0 Å². The van der Waals surface area contributed by atoms with Gasteiger partial charge in [0.1, 0.15) is 0 Å². The van der Waals surface area contributed by atoms with Crippen LogP contribution in [0.4, 0.5) is 0 Å². The highest BCUT2D eigenvalue weighted by Crippen LogP contribution is 2.37. The van der Waals surface area contributed by atoms with Crippen LogP contribution in [0.3, 0.4) is 0 Å². The molecule has 0 bridgehead atoms. The van der Waals surface area contributed by atoms with Gasteiger partial charge in [0.2, 0.25) is 0 Å². The van der Waals surface area contributed by atoms with Gasteiger partial charge in [-0.15, -0.1) is 0 Å². The van der Waals surface area contributed by atoms with Crippen LogP contribution in [0.2, 0.25) is 0 Å². The van der Waals surface area contributed by atoms with Gasteiger partial charge in [-0.25, -0.2) is 0 Å². The van der Waals surface area contributed by atoms with Crippen LogP contribution >= 0.6 is 0 Å². The van der Waals surface area contributed by atoms with Crippen molar-refractivity contribution in [3.05, 3.63) is 35.9 Å². The number of nitrogens with two attached hydrogens (primary N) is 1. The Morgan fingerprint density at radius 2 is 1.88 bits per heavy atom. The van der Waals surface area contributed by atoms with Crippen LogP contribution < -0.4 is 5.73 Å². The Hall–Kier alpha value is -0.860. The molecule has 1 aromatic rings. The van der Waals surface area contributed by atoms with E-state index in [1.54, 1.807) is 0 Å². The second-order valence-electron chi connectivity index (χ2n) is 5.15. The lowest BCUT2D eigenvalue weighted by atomic mass is 9.90. The van der Waals surface area contributed by atoms with E-state index in [9.17, 15) is 0 Å². The average Bonchev–Trinajstić information content (AvgIpc) is 2.66. The summed E-state index contributed by atoms with van der Waals surface area (Å²) in [4.78, 5) is 2.33. The molecule has 0 aromatic heterocycles. The first-order valence-corrected chi connectivity index (χ1v) is 6.15. The van der Waals surface area contributed by atoms with E-state index in [1.165, 1.54) is 18.4 Å². The minimum absolute atomic E-state index is 0.413. The summed E-state index contributed by atoms with van der Waals surface area (Å²) in [6.07, 6.45) is 3.61. The zero-order valence-corrected chi connectivity index (χ0v) is 10.3. The molecule has 1 aliphatic carbocycles. The fourth-order valence-electron chi connectivity index (χ4n) is 2.98. The quantitative estimate of drug-likeness (QED) is 0.844. The second-order valence-corrected chi connectivity index (χ2v) is 5.15. The Morgan fingerprint density at radius 3 is 2.38 bits per heavy atom. The minimum Gasteiger partial charge on any atom is -0.328 e. The molecule has 0 amide bonds. The van der Waals surface area contributed by atoms with Crippen LogP contribution in [0.25, 0.3) is 0 Å². The van der Waals surface area contributed by atoms with Crippen molar-refractivity contribution in [2.75, 3.05) is 14.1 Å². The average molecular weight is 218 g/mol. The molecule has 0 radical (unpaired) electrons. The summed E-state index contributed by atoms with van der Waals surface area (Å²) in [6.45, 7) is 0. The van der Waals surface area contributed by atoms with Crippen LogP contribution in [0, 0.1) is 5.92 Å². The van der Waals surface area contributed by atoms with E-state index in [4.69, 9.17) is 5.73 Å². The lowest BCUT2D eigenvalue weighted by Crippen LogP contribution is -2.27. The van der Waals surface area contributed by atoms with E-state index >= 15 is 0 Å². The van der Waals surface area contributed by atoms with E-state index in [1.807, 2.05) is 0 Å². The molecule has 0 aliphatic heterocycles. The van der Waals surface area contributed by atoms with Crippen molar-refractivity contribution in [1.29, 1.82) is 0 Å². The smallest absolute Gasteiger partial charge is 0.0370 e. The van der Waals surface area contributed by atoms with E-state index < -0.39 is 0 Å². The van der Waals surface area contributed by atoms with Crippen LogP contribution in [0.1, 0.15) is 30.9 Å². The molecular weight excluding hydrogens is 196 g/mol. The summed E-state index contributed by atoms with van der Waals surface area (Å²) >= 11 is 0. The van der Waals surface area contributed by atoms with Crippen LogP contribution in [-0.2, 0) is 0 Å². The molecule has 1 fully saturated rings. The number of rotatable bonds is 3. The molecule has 2 rings (SSSR count). The van der Waals surface area contributed by atoms with Crippen molar-refractivity contribution in [3.8, 4) is 0 Å². The Morgan fingerprint density at radius 1 is 1.19 bits per heavy atom. The van der Waals surface area contributed by atoms with Gasteiger partial charge in [-0.2, -0.15) is 0 Å². The van der Waals surface area contributed by atoms with Gasteiger partial charge >= 0.3 is 0 Å².